The molecule has 5 nitrogen and oxygen atoms in total. The Morgan fingerprint density at radius 2 is 2.24 bits per heavy atom. The van der Waals surface area contributed by atoms with Gasteiger partial charge < -0.3 is 5.73 Å². The lowest BCUT2D eigenvalue weighted by Gasteiger charge is -2.00. The molecule has 0 aromatic carbocycles. The minimum absolute atomic E-state index is 0.451. The zero-order valence-corrected chi connectivity index (χ0v) is 9.61. The molecule has 0 atom stereocenters. The van der Waals surface area contributed by atoms with E-state index in [9.17, 15) is 0 Å². The number of hydrogen-bond acceptors (Lipinski definition) is 5. The van der Waals surface area contributed by atoms with Crippen LogP contribution in [0.3, 0.4) is 0 Å². The number of nitrogens with zero attached hydrogens (tertiary/aromatic N) is 3. The molecule has 0 saturated carbocycles. The first-order valence-electron chi connectivity index (χ1n) is 5.00. The summed E-state index contributed by atoms with van der Waals surface area (Å²) >= 11 is 1.53. The summed E-state index contributed by atoms with van der Waals surface area (Å²) in [5.41, 5.74) is 10.2. The number of thiazole rings is 1. The SMILES string of the molecule is Nc1n[nH]c(-c2cncs2)c1-c1ccccn1. The molecule has 6 heteroatoms. The quantitative estimate of drug-likeness (QED) is 0.722. The topological polar surface area (TPSA) is 80.5 Å². The van der Waals surface area contributed by atoms with Gasteiger partial charge in [-0.2, -0.15) is 5.10 Å². The van der Waals surface area contributed by atoms with Crippen LogP contribution in [0.2, 0.25) is 0 Å². The number of rotatable bonds is 2. The Hall–Kier alpha value is -2.21. The second kappa shape index (κ2) is 3.99. The van der Waals surface area contributed by atoms with Crippen LogP contribution in [0.5, 0.6) is 0 Å². The molecule has 0 aliphatic carbocycles. The van der Waals surface area contributed by atoms with Crippen molar-refractivity contribution in [3.05, 3.63) is 36.1 Å². The van der Waals surface area contributed by atoms with Gasteiger partial charge in [-0.1, -0.05) is 6.07 Å². The highest BCUT2D eigenvalue weighted by Crippen LogP contribution is 2.34. The van der Waals surface area contributed by atoms with E-state index in [4.69, 9.17) is 5.73 Å². The first kappa shape index (κ1) is 9.98. The lowest BCUT2D eigenvalue weighted by Crippen LogP contribution is -1.90. The Labute approximate surface area is 101 Å². The number of hydrogen-bond donors (Lipinski definition) is 2. The van der Waals surface area contributed by atoms with E-state index < -0.39 is 0 Å². The number of H-pyrrole nitrogens is 1. The maximum atomic E-state index is 5.88. The van der Waals surface area contributed by atoms with Crippen LogP contribution in [0, 0.1) is 0 Å². The maximum Gasteiger partial charge on any atom is 0.155 e. The molecule has 3 rings (SSSR count). The summed E-state index contributed by atoms with van der Waals surface area (Å²) < 4.78 is 0. The molecular weight excluding hydrogens is 234 g/mol. The molecule has 0 unspecified atom stereocenters. The van der Waals surface area contributed by atoms with E-state index in [1.807, 2.05) is 18.2 Å². The van der Waals surface area contributed by atoms with E-state index in [0.717, 1.165) is 21.8 Å². The summed E-state index contributed by atoms with van der Waals surface area (Å²) in [5, 5.41) is 6.97. The number of nitrogens with one attached hydrogen (secondary N) is 1. The number of nitrogen functional groups attached to an aromatic ring is 1. The van der Waals surface area contributed by atoms with Gasteiger partial charge in [-0.3, -0.25) is 15.1 Å². The Balaban J connectivity index is 2.20. The number of aromatic amines is 1. The van der Waals surface area contributed by atoms with E-state index in [0.29, 0.717) is 5.82 Å². The van der Waals surface area contributed by atoms with Gasteiger partial charge in [-0.05, 0) is 12.1 Å². The molecule has 0 bridgehead atoms. The lowest BCUT2D eigenvalue weighted by atomic mass is 10.1. The smallest absolute Gasteiger partial charge is 0.155 e. The predicted molar refractivity (Wildman–Crippen MR) is 67.3 cm³/mol. The molecule has 3 heterocycles. The van der Waals surface area contributed by atoms with E-state index >= 15 is 0 Å². The normalized spacial score (nSPS) is 10.6. The zero-order valence-electron chi connectivity index (χ0n) is 8.79. The third-order valence-electron chi connectivity index (χ3n) is 2.39. The van der Waals surface area contributed by atoms with E-state index in [-0.39, 0.29) is 0 Å². The monoisotopic (exact) mass is 243 g/mol. The summed E-state index contributed by atoms with van der Waals surface area (Å²) in [6, 6.07) is 5.70. The Bertz CT molecular complexity index is 615. The van der Waals surface area contributed by atoms with Crippen molar-refractivity contribution in [2.24, 2.45) is 0 Å². The standard InChI is InChI=1S/C11H9N5S/c12-11-9(7-3-1-2-4-14-7)10(15-16-11)8-5-13-6-17-8/h1-6H,(H3,12,15,16). The second-order valence-electron chi connectivity index (χ2n) is 3.44. The van der Waals surface area contributed by atoms with Gasteiger partial charge in [0.05, 0.1) is 27.3 Å². The molecule has 3 aromatic rings. The van der Waals surface area contributed by atoms with Crippen LogP contribution in [0.25, 0.3) is 21.8 Å². The first-order chi connectivity index (χ1) is 8.36. The maximum absolute atomic E-state index is 5.88. The van der Waals surface area contributed by atoms with Gasteiger partial charge in [-0.15, -0.1) is 11.3 Å². The van der Waals surface area contributed by atoms with Crippen molar-refractivity contribution in [1.82, 2.24) is 20.2 Å². The van der Waals surface area contributed by atoms with Crippen LogP contribution < -0.4 is 5.73 Å². The van der Waals surface area contributed by atoms with Crippen LogP contribution >= 0.6 is 11.3 Å². The molecule has 0 amide bonds. The summed E-state index contributed by atoms with van der Waals surface area (Å²) in [7, 11) is 0. The third-order valence-corrected chi connectivity index (χ3v) is 3.18. The largest absolute Gasteiger partial charge is 0.382 e. The molecule has 3 N–H and O–H groups in total. The van der Waals surface area contributed by atoms with Crippen LogP contribution in [-0.4, -0.2) is 20.2 Å². The summed E-state index contributed by atoms with van der Waals surface area (Å²) in [6.07, 6.45) is 3.52. The van der Waals surface area contributed by atoms with Crippen molar-refractivity contribution in [2.45, 2.75) is 0 Å². The fraction of sp³-hybridized carbons (Fsp3) is 0. The number of aromatic nitrogens is 4. The predicted octanol–water partition coefficient (Wildman–Crippen LogP) is 2.18. The molecule has 0 aliphatic rings. The van der Waals surface area contributed by atoms with Gasteiger partial charge in [0.2, 0.25) is 0 Å². The van der Waals surface area contributed by atoms with Gasteiger partial charge in [0, 0.05) is 12.4 Å². The Kier molecular flexibility index (Phi) is 2.34. The van der Waals surface area contributed by atoms with Gasteiger partial charge >= 0.3 is 0 Å². The van der Waals surface area contributed by atoms with Crippen molar-refractivity contribution in [3.8, 4) is 21.8 Å². The number of nitrogens with two attached hydrogens (primary N) is 1. The van der Waals surface area contributed by atoms with Crippen LogP contribution in [0.4, 0.5) is 5.82 Å². The second-order valence-corrected chi connectivity index (χ2v) is 4.33. The molecule has 17 heavy (non-hydrogen) atoms. The Morgan fingerprint density at radius 3 is 2.94 bits per heavy atom. The fourth-order valence-electron chi connectivity index (χ4n) is 1.64. The highest BCUT2D eigenvalue weighted by atomic mass is 32.1. The van der Waals surface area contributed by atoms with Crippen molar-refractivity contribution in [1.29, 1.82) is 0 Å². The summed E-state index contributed by atoms with van der Waals surface area (Å²) in [4.78, 5) is 9.34. The average Bonchev–Trinajstić information content (AvgIpc) is 2.98. The number of anilines is 1. The van der Waals surface area contributed by atoms with Gasteiger partial charge in [0.15, 0.2) is 5.82 Å². The van der Waals surface area contributed by atoms with Crippen LogP contribution in [-0.2, 0) is 0 Å². The first-order valence-corrected chi connectivity index (χ1v) is 5.88. The van der Waals surface area contributed by atoms with Gasteiger partial charge in [0.25, 0.3) is 0 Å². The van der Waals surface area contributed by atoms with Crippen molar-refractivity contribution in [2.75, 3.05) is 5.73 Å². The number of pyridine rings is 1. The summed E-state index contributed by atoms with van der Waals surface area (Å²) in [5.74, 6) is 0.451. The fourth-order valence-corrected chi connectivity index (χ4v) is 2.27. The summed E-state index contributed by atoms with van der Waals surface area (Å²) in [6.45, 7) is 0. The molecule has 0 aliphatic heterocycles. The molecule has 84 valence electrons. The van der Waals surface area contributed by atoms with Gasteiger partial charge in [0.1, 0.15) is 0 Å². The molecule has 0 saturated heterocycles. The van der Waals surface area contributed by atoms with Gasteiger partial charge in [-0.25, -0.2) is 0 Å². The van der Waals surface area contributed by atoms with Crippen molar-refractivity contribution >= 4 is 17.2 Å². The Morgan fingerprint density at radius 1 is 1.29 bits per heavy atom. The lowest BCUT2D eigenvalue weighted by molar-refractivity contribution is 1.10. The molecule has 0 fully saturated rings. The van der Waals surface area contributed by atoms with Crippen LogP contribution in [0.1, 0.15) is 0 Å². The molecule has 3 aromatic heterocycles. The van der Waals surface area contributed by atoms with Crippen molar-refractivity contribution < 1.29 is 0 Å². The van der Waals surface area contributed by atoms with Crippen molar-refractivity contribution in [3.63, 3.8) is 0 Å². The van der Waals surface area contributed by atoms with E-state index in [1.165, 1.54) is 11.3 Å². The van der Waals surface area contributed by atoms with E-state index in [1.54, 1.807) is 17.9 Å². The molecule has 0 radical (unpaired) electrons. The highest BCUT2D eigenvalue weighted by molar-refractivity contribution is 7.13. The minimum atomic E-state index is 0.451. The van der Waals surface area contributed by atoms with Crippen LogP contribution in [0.15, 0.2) is 36.1 Å². The molecule has 0 spiro atoms. The molecular formula is C11H9N5S. The average molecular weight is 243 g/mol. The zero-order chi connectivity index (χ0) is 11.7. The third kappa shape index (κ3) is 1.68. The minimum Gasteiger partial charge on any atom is -0.382 e. The highest BCUT2D eigenvalue weighted by Gasteiger charge is 2.16. The van der Waals surface area contributed by atoms with E-state index in [2.05, 4.69) is 20.2 Å².